The maximum atomic E-state index is 6.07. The molecule has 4 heteroatoms. The summed E-state index contributed by atoms with van der Waals surface area (Å²) < 4.78 is 5.76. The number of aromatic nitrogens is 2. The first-order valence-corrected chi connectivity index (χ1v) is 6.55. The minimum Gasteiger partial charge on any atom is -0.367 e. The predicted molar refractivity (Wildman–Crippen MR) is 68.1 cm³/mol. The normalized spacial score (nSPS) is 24.5. The van der Waals surface area contributed by atoms with Crippen molar-refractivity contribution in [1.29, 1.82) is 0 Å². The van der Waals surface area contributed by atoms with E-state index in [1.54, 1.807) is 0 Å². The third-order valence-corrected chi connectivity index (χ3v) is 3.25. The van der Waals surface area contributed by atoms with Gasteiger partial charge in [0.2, 0.25) is 0 Å². The molecular formula is C13H19ClN2O. The smallest absolute Gasteiger partial charge is 0.161 e. The Kier molecular flexibility index (Phi) is 3.69. The van der Waals surface area contributed by atoms with Gasteiger partial charge in [-0.25, -0.2) is 9.97 Å². The highest BCUT2D eigenvalue weighted by molar-refractivity contribution is 6.29. The minimum atomic E-state index is -0.351. The third kappa shape index (κ3) is 2.96. The van der Waals surface area contributed by atoms with E-state index in [4.69, 9.17) is 16.3 Å². The summed E-state index contributed by atoms with van der Waals surface area (Å²) in [4.78, 5) is 8.93. The fraction of sp³-hybridized carbons (Fsp3) is 0.692. The second-order valence-corrected chi connectivity index (χ2v) is 5.67. The summed E-state index contributed by atoms with van der Waals surface area (Å²) >= 11 is 6.07. The van der Waals surface area contributed by atoms with Crippen molar-refractivity contribution in [1.82, 2.24) is 9.97 Å². The molecule has 1 unspecified atom stereocenters. The minimum absolute atomic E-state index is 0.351. The van der Waals surface area contributed by atoms with Crippen molar-refractivity contribution in [2.45, 2.75) is 45.6 Å². The quantitative estimate of drug-likeness (QED) is 0.776. The van der Waals surface area contributed by atoms with Gasteiger partial charge in [0.25, 0.3) is 0 Å². The summed E-state index contributed by atoms with van der Waals surface area (Å²) in [6.45, 7) is 7.17. The van der Waals surface area contributed by atoms with E-state index in [0.717, 1.165) is 37.4 Å². The van der Waals surface area contributed by atoms with Crippen LogP contribution < -0.4 is 0 Å². The second kappa shape index (κ2) is 4.91. The summed E-state index contributed by atoms with van der Waals surface area (Å²) in [5.41, 5.74) is 0.656. The Morgan fingerprint density at radius 2 is 2.24 bits per heavy atom. The summed E-state index contributed by atoms with van der Waals surface area (Å²) in [6.07, 6.45) is 2.95. The number of rotatable bonds is 3. The van der Waals surface area contributed by atoms with E-state index >= 15 is 0 Å². The predicted octanol–water partition coefficient (Wildman–Crippen LogP) is 3.35. The maximum absolute atomic E-state index is 6.07. The first-order valence-electron chi connectivity index (χ1n) is 6.17. The average Bonchev–Trinajstić information content (AvgIpc) is 2.64. The summed E-state index contributed by atoms with van der Waals surface area (Å²) in [5.74, 6) is 1.30. The lowest BCUT2D eigenvalue weighted by Crippen LogP contribution is -2.24. The highest BCUT2D eigenvalue weighted by Crippen LogP contribution is 2.34. The molecule has 1 atom stereocenters. The van der Waals surface area contributed by atoms with Crippen LogP contribution in [0.5, 0.6) is 0 Å². The monoisotopic (exact) mass is 254 g/mol. The molecule has 1 saturated heterocycles. The van der Waals surface area contributed by atoms with Gasteiger partial charge < -0.3 is 4.74 Å². The van der Waals surface area contributed by atoms with Gasteiger partial charge in [-0.05, 0) is 38.2 Å². The van der Waals surface area contributed by atoms with Gasteiger partial charge in [-0.15, -0.1) is 0 Å². The van der Waals surface area contributed by atoms with Crippen LogP contribution in [0.2, 0.25) is 5.15 Å². The Morgan fingerprint density at radius 3 is 2.82 bits per heavy atom. The fourth-order valence-corrected chi connectivity index (χ4v) is 2.39. The lowest BCUT2D eigenvalue weighted by Gasteiger charge is -2.22. The molecule has 1 aliphatic rings. The molecule has 0 bridgehead atoms. The van der Waals surface area contributed by atoms with E-state index in [-0.39, 0.29) is 5.60 Å². The van der Waals surface area contributed by atoms with Gasteiger partial charge >= 0.3 is 0 Å². The van der Waals surface area contributed by atoms with Gasteiger partial charge in [0.05, 0.1) is 0 Å². The molecule has 1 aromatic heterocycles. The van der Waals surface area contributed by atoms with Crippen LogP contribution in [0.4, 0.5) is 0 Å². The Hall–Kier alpha value is -0.670. The Bertz CT molecular complexity index is 400. The average molecular weight is 255 g/mol. The van der Waals surface area contributed by atoms with Crippen molar-refractivity contribution < 1.29 is 4.74 Å². The molecule has 94 valence electrons. The van der Waals surface area contributed by atoms with Crippen LogP contribution in [0.25, 0.3) is 0 Å². The van der Waals surface area contributed by atoms with Gasteiger partial charge in [0, 0.05) is 12.3 Å². The van der Waals surface area contributed by atoms with Crippen molar-refractivity contribution in [3.8, 4) is 0 Å². The van der Waals surface area contributed by atoms with Crippen LogP contribution in [0.3, 0.4) is 0 Å². The second-order valence-electron chi connectivity index (χ2n) is 5.29. The highest BCUT2D eigenvalue weighted by atomic mass is 35.5. The molecule has 3 nitrogen and oxygen atoms in total. The van der Waals surface area contributed by atoms with Crippen molar-refractivity contribution in [3.63, 3.8) is 0 Å². The largest absolute Gasteiger partial charge is 0.367 e. The summed E-state index contributed by atoms with van der Waals surface area (Å²) in [7, 11) is 0. The van der Waals surface area contributed by atoms with Gasteiger partial charge in [-0.1, -0.05) is 25.4 Å². The fourth-order valence-electron chi connectivity index (χ4n) is 2.18. The molecule has 1 fully saturated rings. The highest BCUT2D eigenvalue weighted by Gasteiger charge is 2.35. The third-order valence-electron chi connectivity index (χ3n) is 3.06. The van der Waals surface area contributed by atoms with Crippen LogP contribution in [-0.2, 0) is 16.8 Å². The Morgan fingerprint density at radius 1 is 1.47 bits per heavy atom. The van der Waals surface area contributed by atoms with Gasteiger partial charge in [0.15, 0.2) is 5.82 Å². The van der Waals surface area contributed by atoms with Crippen molar-refractivity contribution >= 4 is 11.6 Å². The van der Waals surface area contributed by atoms with Crippen LogP contribution in [0.1, 0.15) is 45.1 Å². The Labute approximate surface area is 108 Å². The van der Waals surface area contributed by atoms with E-state index in [0.29, 0.717) is 11.1 Å². The van der Waals surface area contributed by atoms with Crippen molar-refractivity contribution in [2.24, 2.45) is 5.92 Å². The van der Waals surface area contributed by atoms with Crippen LogP contribution >= 0.6 is 11.6 Å². The molecule has 2 heterocycles. The van der Waals surface area contributed by atoms with Crippen molar-refractivity contribution in [2.75, 3.05) is 6.61 Å². The number of hydrogen-bond acceptors (Lipinski definition) is 3. The summed E-state index contributed by atoms with van der Waals surface area (Å²) in [6, 6.07) is 1.85. The van der Waals surface area contributed by atoms with E-state index in [1.807, 2.05) is 13.0 Å². The lowest BCUT2D eigenvalue weighted by molar-refractivity contribution is 0.00913. The van der Waals surface area contributed by atoms with E-state index in [9.17, 15) is 0 Å². The zero-order chi connectivity index (χ0) is 12.5. The van der Waals surface area contributed by atoms with Crippen LogP contribution in [0.15, 0.2) is 6.07 Å². The number of halogens is 1. The van der Waals surface area contributed by atoms with E-state index in [2.05, 4.69) is 23.8 Å². The molecule has 17 heavy (non-hydrogen) atoms. The zero-order valence-corrected chi connectivity index (χ0v) is 11.4. The SMILES string of the molecule is CC(C)Cc1cc(Cl)nc(C2(C)CCCO2)n1. The van der Waals surface area contributed by atoms with E-state index in [1.165, 1.54) is 0 Å². The van der Waals surface area contributed by atoms with Crippen LogP contribution in [0, 0.1) is 5.92 Å². The molecule has 1 aliphatic heterocycles. The Balaban J connectivity index is 2.31. The molecule has 0 saturated carbocycles. The molecule has 0 radical (unpaired) electrons. The molecule has 1 aromatic rings. The number of nitrogens with zero attached hydrogens (tertiary/aromatic N) is 2. The maximum Gasteiger partial charge on any atom is 0.161 e. The van der Waals surface area contributed by atoms with E-state index < -0.39 is 0 Å². The number of hydrogen-bond donors (Lipinski definition) is 0. The van der Waals surface area contributed by atoms with Gasteiger partial charge in [-0.2, -0.15) is 0 Å². The lowest BCUT2D eigenvalue weighted by atomic mass is 10.0. The summed E-state index contributed by atoms with van der Waals surface area (Å²) in [5, 5.41) is 0.516. The van der Waals surface area contributed by atoms with Crippen LogP contribution in [-0.4, -0.2) is 16.6 Å². The molecule has 2 rings (SSSR count). The molecule has 0 aliphatic carbocycles. The topological polar surface area (TPSA) is 35.0 Å². The molecule has 0 amide bonds. The van der Waals surface area contributed by atoms with Gasteiger partial charge in [0.1, 0.15) is 10.8 Å². The molecule has 0 N–H and O–H groups in total. The first-order chi connectivity index (χ1) is 7.99. The first kappa shape index (κ1) is 12.8. The molecule has 0 spiro atoms. The van der Waals surface area contributed by atoms with Gasteiger partial charge in [-0.3, -0.25) is 0 Å². The molecule has 0 aromatic carbocycles. The molecular weight excluding hydrogens is 236 g/mol. The number of ether oxygens (including phenoxy) is 1. The standard InChI is InChI=1S/C13H19ClN2O/c1-9(2)7-10-8-11(14)16-12(15-10)13(3)5-4-6-17-13/h8-9H,4-7H2,1-3H3. The zero-order valence-electron chi connectivity index (χ0n) is 10.7. The van der Waals surface area contributed by atoms with Crippen molar-refractivity contribution in [3.05, 3.63) is 22.7 Å².